The van der Waals surface area contributed by atoms with Gasteiger partial charge in [0.15, 0.2) is 0 Å². The van der Waals surface area contributed by atoms with Crippen molar-refractivity contribution in [2.24, 2.45) is 5.92 Å². The van der Waals surface area contributed by atoms with E-state index in [0.29, 0.717) is 5.92 Å². The van der Waals surface area contributed by atoms with Crippen molar-refractivity contribution in [3.8, 4) is 0 Å². The van der Waals surface area contributed by atoms with Gasteiger partial charge in [-0.15, -0.1) is 0 Å². The van der Waals surface area contributed by atoms with Crippen molar-refractivity contribution in [3.63, 3.8) is 0 Å². The first-order valence-electron chi connectivity index (χ1n) is 5.08. The van der Waals surface area contributed by atoms with Crippen molar-refractivity contribution >= 4 is 12.0 Å². The zero-order valence-electron chi connectivity index (χ0n) is 8.39. The molecule has 0 bridgehead atoms. The summed E-state index contributed by atoms with van der Waals surface area (Å²) in [5.74, 6) is 0.616. The van der Waals surface area contributed by atoms with Crippen LogP contribution in [0.2, 0.25) is 0 Å². The van der Waals surface area contributed by atoms with Gasteiger partial charge in [-0.25, -0.2) is 0 Å². The van der Waals surface area contributed by atoms with E-state index in [1.807, 2.05) is 18.2 Å². The number of hydrogen-bond acceptors (Lipinski definition) is 2. The SMILES string of the molecule is C[C@@H]1C[C@@H](C=O)N(c2ccccc2)C1. The Balaban J connectivity index is 2.22. The first-order chi connectivity index (χ1) is 6.81. The van der Waals surface area contributed by atoms with Crippen molar-refractivity contribution in [3.05, 3.63) is 30.3 Å². The quantitative estimate of drug-likeness (QED) is 0.664. The summed E-state index contributed by atoms with van der Waals surface area (Å²) in [5, 5.41) is 0. The largest absolute Gasteiger partial charge is 0.362 e. The Morgan fingerprint density at radius 2 is 2.07 bits per heavy atom. The maximum absolute atomic E-state index is 10.9. The van der Waals surface area contributed by atoms with Gasteiger partial charge in [0.05, 0.1) is 6.04 Å². The van der Waals surface area contributed by atoms with Crippen molar-refractivity contribution < 1.29 is 4.79 Å². The fourth-order valence-corrected chi connectivity index (χ4v) is 2.13. The molecule has 0 amide bonds. The Kier molecular flexibility index (Phi) is 2.53. The number of benzene rings is 1. The van der Waals surface area contributed by atoms with Gasteiger partial charge in [-0.3, -0.25) is 0 Å². The standard InChI is InChI=1S/C12H15NO/c1-10-7-12(9-14)13(8-10)11-5-3-2-4-6-11/h2-6,9-10,12H,7-8H2,1H3/t10-,12+/m1/s1. The lowest BCUT2D eigenvalue weighted by molar-refractivity contribution is -0.108. The van der Waals surface area contributed by atoms with E-state index in [2.05, 4.69) is 24.0 Å². The van der Waals surface area contributed by atoms with E-state index < -0.39 is 0 Å². The third-order valence-corrected chi connectivity index (χ3v) is 2.80. The molecule has 0 N–H and O–H groups in total. The third-order valence-electron chi connectivity index (χ3n) is 2.80. The topological polar surface area (TPSA) is 20.3 Å². The number of nitrogens with zero attached hydrogens (tertiary/aromatic N) is 1. The first-order valence-corrected chi connectivity index (χ1v) is 5.08. The van der Waals surface area contributed by atoms with Crippen LogP contribution in [0.1, 0.15) is 13.3 Å². The predicted octanol–water partition coefficient (Wildman–Crippen LogP) is 2.10. The van der Waals surface area contributed by atoms with E-state index >= 15 is 0 Å². The molecule has 0 aliphatic carbocycles. The van der Waals surface area contributed by atoms with Crippen LogP contribution in [0.4, 0.5) is 5.69 Å². The number of carbonyl (C=O) groups excluding carboxylic acids is 1. The molecule has 1 aliphatic rings. The predicted molar refractivity (Wildman–Crippen MR) is 57.4 cm³/mol. The van der Waals surface area contributed by atoms with Crippen LogP contribution < -0.4 is 4.90 Å². The molecule has 0 saturated carbocycles. The number of aldehydes is 1. The molecule has 1 heterocycles. The second-order valence-electron chi connectivity index (χ2n) is 4.03. The molecular weight excluding hydrogens is 174 g/mol. The fraction of sp³-hybridized carbons (Fsp3) is 0.417. The molecule has 2 nitrogen and oxygen atoms in total. The molecule has 1 aliphatic heterocycles. The molecule has 74 valence electrons. The normalized spacial score (nSPS) is 26.5. The van der Waals surface area contributed by atoms with Gasteiger partial charge in [-0.2, -0.15) is 0 Å². The lowest BCUT2D eigenvalue weighted by Gasteiger charge is -2.22. The zero-order valence-corrected chi connectivity index (χ0v) is 8.39. The molecule has 2 heteroatoms. The summed E-state index contributed by atoms with van der Waals surface area (Å²) < 4.78 is 0. The van der Waals surface area contributed by atoms with Crippen LogP contribution >= 0.6 is 0 Å². The van der Waals surface area contributed by atoms with Gasteiger partial charge in [-0.05, 0) is 24.5 Å². The summed E-state index contributed by atoms with van der Waals surface area (Å²) >= 11 is 0. The fourth-order valence-electron chi connectivity index (χ4n) is 2.13. The lowest BCUT2D eigenvalue weighted by atomic mass is 10.1. The van der Waals surface area contributed by atoms with E-state index in [4.69, 9.17) is 0 Å². The maximum atomic E-state index is 10.9. The molecule has 1 fully saturated rings. The highest BCUT2D eigenvalue weighted by molar-refractivity contribution is 5.67. The summed E-state index contributed by atoms with van der Waals surface area (Å²) in [7, 11) is 0. The average molecular weight is 189 g/mol. The highest BCUT2D eigenvalue weighted by atomic mass is 16.1. The Morgan fingerprint density at radius 1 is 1.36 bits per heavy atom. The molecule has 0 spiro atoms. The van der Waals surface area contributed by atoms with Crippen molar-refractivity contribution in [1.82, 2.24) is 0 Å². The van der Waals surface area contributed by atoms with Gasteiger partial charge in [0.2, 0.25) is 0 Å². The minimum Gasteiger partial charge on any atom is -0.362 e. The Bertz CT molecular complexity index is 309. The van der Waals surface area contributed by atoms with Crippen molar-refractivity contribution in [2.75, 3.05) is 11.4 Å². The van der Waals surface area contributed by atoms with Crippen LogP contribution in [-0.4, -0.2) is 18.9 Å². The van der Waals surface area contributed by atoms with Crippen LogP contribution in [0.25, 0.3) is 0 Å². The second-order valence-corrected chi connectivity index (χ2v) is 4.03. The van der Waals surface area contributed by atoms with E-state index in [0.717, 1.165) is 24.9 Å². The molecule has 1 saturated heterocycles. The Labute approximate surface area is 84.5 Å². The molecule has 1 aromatic rings. The zero-order chi connectivity index (χ0) is 9.97. The molecule has 0 unspecified atom stereocenters. The number of hydrogen-bond donors (Lipinski definition) is 0. The van der Waals surface area contributed by atoms with Crippen molar-refractivity contribution in [2.45, 2.75) is 19.4 Å². The van der Waals surface area contributed by atoms with E-state index in [-0.39, 0.29) is 6.04 Å². The van der Waals surface area contributed by atoms with Crippen LogP contribution in [-0.2, 0) is 4.79 Å². The highest BCUT2D eigenvalue weighted by Crippen LogP contribution is 2.27. The monoisotopic (exact) mass is 189 g/mol. The van der Waals surface area contributed by atoms with Crippen LogP contribution in [0, 0.1) is 5.92 Å². The summed E-state index contributed by atoms with van der Waals surface area (Å²) in [4.78, 5) is 13.1. The number of carbonyl (C=O) groups is 1. The van der Waals surface area contributed by atoms with Crippen LogP contribution in [0.5, 0.6) is 0 Å². The second kappa shape index (κ2) is 3.82. The van der Waals surface area contributed by atoms with Gasteiger partial charge in [0, 0.05) is 12.2 Å². The Morgan fingerprint density at radius 3 is 2.71 bits per heavy atom. The van der Waals surface area contributed by atoms with Crippen LogP contribution in [0.15, 0.2) is 30.3 Å². The summed E-state index contributed by atoms with van der Waals surface area (Å²) in [5.41, 5.74) is 1.16. The molecule has 2 atom stereocenters. The molecule has 2 rings (SSSR count). The Hall–Kier alpha value is -1.31. The van der Waals surface area contributed by atoms with Gasteiger partial charge in [0.1, 0.15) is 6.29 Å². The van der Waals surface area contributed by atoms with Crippen LogP contribution in [0.3, 0.4) is 0 Å². The van der Waals surface area contributed by atoms with E-state index in [1.54, 1.807) is 0 Å². The smallest absolute Gasteiger partial charge is 0.142 e. The lowest BCUT2D eigenvalue weighted by Crippen LogP contribution is -2.30. The van der Waals surface area contributed by atoms with Gasteiger partial charge >= 0.3 is 0 Å². The maximum Gasteiger partial charge on any atom is 0.142 e. The van der Waals surface area contributed by atoms with Gasteiger partial charge in [-0.1, -0.05) is 25.1 Å². The van der Waals surface area contributed by atoms with Gasteiger partial charge < -0.3 is 9.69 Å². The van der Waals surface area contributed by atoms with Gasteiger partial charge in [0.25, 0.3) is 0 Å². The van der Waals surface area contributed by atoms with E-state index in [9.17, 15) is 4.79 Å². The minimum atomic E-state index is 0.0763. The number of rotatable bonds is 2. The molecule has 0 radical (unpaired) electrons. The number of para-hydroxylation sites is 1. The first kappa shape index (κ1) is 9.25. The molecular formula is C12H15NO. The molecule has 14 heavy (non-hydrogen) atoms. The third kappa shape index (κ3) is 1.65. The summed E-state index contributed by atoms with van der Waals surface area (Å²) in [6.45, 7) is 3.19. The minimum absolute atomic E-state index is 0.0763. The summed E-state index contributed by atoms with van der Waals surface area (Å²) in [6, 6.07) is 10.2. The molecule has 0 aromatic heterocycles. The number of anilines is 1. The highest BCUT2D eigenvalue weighted by Gasteiger charge is 2.28. The molecule has 1 aromatic carbocycles. The summed E-state index contributed by atoms with van der Waals surface area (Å²) in [6.07, 6.45) is 2.05. The average Bonchev–Trinajstić information content (AvgIpc) is 2.61. The van der Waals surface area contributed by atoms with Crippen molar-refractivity contribution in [1.29, 1.82) is 0 Å². The van der Waals surface area contributed by atoms with E-state index in [1.165, 1.54) is 0 Å².